The fourth-order valence-corrected chi connectivity index (χ4v) is 6.04. The maximum atomic E-state index is 13.6. The minimum Gasteiger partial charge on any atom is -0.508 e. The maximum Gasteiger partial charge on any atom is 0.254 e. The molecule has 2 saturated heterocycles. The molecule has 0 radical (unpaired) electrons. The van der Waals surface area contributed by atoms with Crippen molar-refractivity contribution in [3.8, 4) is 5.75 Å². The highest BCUT2D eigenvalue weighted by atomic mass is 16.5. The van der Waals surface area contributed by atoms with E-state index in [1.54, 1.807) is 35.2 Å². The summed E-state index contributed by atoms with van der Waals surface area (Å²) in [5.74, 6) is 0.283. The third-order valence-electron chi connectivity index (χ3n) is 8.57. The molecule has 0 unspecified atom stereocenters. The number of likely N-dealkylation sites (tertiary alicyclic amines) is 1. The topological polar surface area (TPSA) is 70.1 Å². The Hall–Kier alpha value is -2.86. The molecule has 2 aliphatic heterocycles. The molecule has 6 heteroatoms. The zero-order valence-electron chi connectivity index (χ0n) is 19.6. The van der Waals surface area contributed by atoms with E-state index in [2.05, 4.69) is 26.8 Å². The van der Waals surface area contributed by atoms with Crippen molar-refractivity contribution in [3.05, 3.63) is 64.7 Å². The van der Waals surface area contributed by atoms with Crippen molar-refractivity contribution >= 4 is 11.8 Å². The molecule has 2 aromatic rings. The number of fused-ring (bicyclic) bond motifs is 4. The van der Waals surface area contributed by atoms with Crippen LogP contribution in [0.25, 0.3) is 0 Å². The SMILES string of the molecule is CC1(C)[C@H]2Cc3c(O)cccc3[C@]1(C)CCN2C(=O)c1ccc(C(=O)N2CCOCC2)cc1. The number of benzene rings is 2. The smallest absolute Gasteiger partial charge is 0.254 e. The number of rotatable bonds is 2. The van der Waals surface area contributed by atoms with Gasteiger partial charge in [0.15, 0.2) is 0 Å². The van der Waals surface area contributed by atoms with Crippen LogP contribution in [0.1, 0.15) is 59.0 Å². The van der Waals surface area contributed by atoms with Crippen molar-refractivity contribution < 1.29 is 19.4 Å². The van der Waals surface area contributed by atoms with Gasteiger partial charge in [0.1, 0.15) is 5.75 Å². The van der Waals surface area contributed by atoms with Crippen LogP contribution >= 0.6 is 0 Å². The molecule has 1 N–H and O–H groups in total. The lowest BCUT2D eigenvalue weighted by Gasteiger charge is -2.60. The third-order valence-corrected chi connectivity index (χ3v) is 8.57. The molecule has 174 valence electrons. The van der Waals surface area contributed by atoms with Gasteiger partial charge in [0.05, 0.1) is 13.2 Å². The Kier molecular flexibility index (Phi) is 5.24. The minimum atomic E-state index is -0.145. The van der Waals surface area contributed by atoms with E-state index in [4.69, 9.17) is 4.74 Å². The number of carbonyl (C=O) groups excluding carboxylic acids is 2. The molecule has 2 bridgehead atoms. The second kappa shape index (κ2) is 7.87. The van der Waals surface area contributed by atoms with Crippen molar-refractivity contribution in [3.63, 3.8) is 0 Å². The first kappa shape index (κ1) is 22.0. The molecular weight excluding hydrogens is 416 g/mol. The average molecular weight is 449 g/mol. The Balaban J connectivity index is 1.41. The molecule has 0 aromatic heterocycles. The minimum absolute atomic E-state index is 0.0145. The highest BCUT2D eigenvalue weighted by Gasteiger charge is 2.57. The Morgan fingerprint density at radius 3 is 2.24 bits per heavy atom. The largest absolute Gasteiger partial charge is 0.508 e. The zero-order valence-corrected chi connectivity index (χ0v) is 19.6. The molecule has 0 saturated carbocycles. The summed E-state index contributed by atoms with van der Waals surface area (Å²) >= 11 is 0. The molecule has 2 aromatic carbocycles. The van der Waals surface area contributed by atoms with Gasteiger partial charge in [0.2, 0.25) is 0 Å². The number of morpholine rings is 1. The van der Waals surface area contributed by atoms with Gasteiger partial charge in [-0.1, -0.05) is 32.9 Å². The predicted molar refractivity (Wildman–Crippen MR) is 126 cm³/mol. The van der Waals surface area contributed by atoms with Crippen LogP contribution in [0.15, 0.2) is 42.5 Å². The van der Waals surface area contributed by atoms with E-state index in [-0.39, 0.29) is 28.7 Å². The van der Waals surface area contributed by atoms with Gasteiger partial charge in [0, 0.05) is 42.2 Å². The van der Waals surface area contributed by atoms with Gasteiger partial charge in [-0.05, 0) is 59.7 Å². The number of hydrogen-bond acceptors (Lipinski definition) is 4. The maximum absolute atomic E-state index is 13.6. The van der Waals surface area contributed by atoms with Gasteiger partial charge >= 0.3 is 0 Å². The molecule has 6 nitrogen and oxygen atoms in total. The molecule has 2 amide bonds. The van der Waals surface area contributed by atoms with E-state index < -0.39 is 0 Å². The van der Waals surface area contributed by atoms with Gasteiger partial charge in [-0.3, -0.25) is 9.59 Å². The van der Waals surface area contributed by atoms with E-state index in [1.165, 1.54) is 5.56 Å². The van der Waals surface area contributed by atoms with Crippen LogP contribution in [-0.2, 0) is 16.6 Å². The molecule has 2 fully saturated rings. The van der Waals surface area contributed by atoms with Crippen LogP contribution in [-0.4, -0.2) is 65.6 Å². The van der Waals surface area contributed by atoms with E-state index in [0.717, 1.165) is 12.0 Å². The third kappa shape index (κ3) is 3.34. The van der Waals surface area contributed by atoms with Crippen molar-refractivity contribution in [2.45, 2.75) is 45.1 Å². The van der Waals surface area contributed by atoms with Crippen LogP contribution in [0.3, 0.4) is 0 Å². The summed E-state index contributed by atoms with van der Waals surface area (Å²) in [6, 6.07) is 12.8. The highest BCUT2D eigenvalue weighted by Crippen LogP contribution is 2.57. The fourth-order valence-electron chi connectivity index (χ4n) is 6.04. The normalized spacial score (nSPS) is 26.0. The quantitative estimate of drug-likeness (QED) is 0.762. The van der Waals surface area contributed by atoms with E-state index in [1.807, 2.05) is 11.0 Å². The number of hydrogen-bond donors (Lipinski definition) is 1. The van der Waals surface area contributed by atoms with E-state index in [9.17, 15) is 14.7 Å². The molecule has 2 atom stereocenters. The molecule has 3 aliphatic rings. The van der Waals surface area contributed by atoms with E-state index in [0.29, 0.717) is 56.1 Å². The van der Waals surface area contributed by atoms with Crippen molar-refractivity contribution in [2.75, 3.05) is 32.8 Å². The first-order valence-electron chi connectivity index (χ1n) is 11.8. The molecule has 1 aliphatic carbocycles. The Morgan fingerprint density at radius 1 is 0.939 bits per heavy atom. The number of phenolic OH excluding ortho intramolecular Hbond substituents is 1. The summed E-state index contributed by atoms with van der Waals surface area (Å²) in [5.41, 5.74) is 3.10. The Labute approximate surface area is 195 Å². The lowest BCUT2D eigenvalue weighted by Crippen LogP contribution is -2.64. The van der Waals surface area contributed by atoms with E-state index >= 15 is 0 Å². The summed E-state index contributed by atoms with van der Waals surface area (Å²) in [6.45, 7) is 9.74. The van der Waals surface area contributed by atoms with Crippen LogP contribution < -0.4 is 0 Å². The summed E-state index contributed by atoms with van der Waals surface area (Å²) in [6.07, 6.45) is 1.48. The van der Waals surface area contributed by atoms with Crippen molar-refractivity contribution in [1.29, 1.82) is 0 Å². The molecule has 33 heavy (non-hydrogen) atoms. The molecule has 0 spiro atoms. The number of aromatic hydroxyl groups is 1. The summed E-state index contributed by atoms with van der Waals surface area (Å²) < 4.78 is 5.33. The van der Waals surface area contributed by atoms with Gasteiger partial charge < -0.3 is 19.6 Å². The first-order chi connectivity index (χ1) is 15.7. The number of nitrogens with zero attached hydrogens (tertiary/aromatic N) is 2. The standard InChI is InChI=1S/C27H32N2O4/c1-26(2)23-17-20-21(5-4-6-22(20)30)27(26,3)11-12-29(23)25(32)19-9-7-18(8-10-19)24(31)28-13-15-33-16-14-28/h4-10,23,30H,11-17H2,1-3H3/t23-,27+/m1/s1. The van der Waals surface area contributed by atoms with Crippen LogP contribution in [0.4, 0.5) is 0 Å². The number of phenols is 1. The molecule has 2 heterocycles. The zero-order chi connectivity index (χ0) is 23.4. The van der Waals surface area contributed by atoms with Gasteiger partial charge in [-0.2, -0.15) is 0 Å². The highest BCUT2D eigenvalue weighted by molar-refractivity contribution is 5.98. The number of amides is 2. The van der Waals surface area contributed by atoms with Gasteiger partial charge in [-0.25, -0.2) is 0 Å². The van der Waals surface area contributed by atoms with Crippen LogP contribution in [0, 0.1) is 5.41 Å². The first-order valence-corrected chi connectivity index (χ1v) is 11.8. The average Bonchev–Trinajstić information content (AvgIpc) is 2.82. The monoisotopic (exact) mass is 448 g/mol. The number of ether oxygens (including phenoxy) is 1. The molecular formula is C27H32N2O4. The lowest BCUT2D eigenvalue weighted by molar-refractivity contribution is -0.0266. The van der Waals surface area contributed by atoms with Gasteiger partial charge in [-0.15, -0.1) is 0 Å². The summed E-state index contributed by atoms with van der Waals surface area (Å²) in [7, 11) is 0. The summed E-state index contributed by atoms with van der Waals surface area (Å²) in [4.78, 5) is 30.1. The van der Waals surface area contributed by atoms with Crippen molar-refractivity contribution in [1.82, 2.24) is 9.80 Å². The molecule has 5 rings (SSSR count). The predicted octanol–water partition coefficient (Wildman–Crippen LogP) is 3.62. The number of piperidine rings is 1. The Morgan fingerprint density at radius 2 is 1.58 bits per heavy atom. The second-order valence-electron chi connectivity index (χ2n) is 10.3. The van der Waals surface area contributed by atoms with Crippen molar-refractivity contribution in [2.24, 2.45) is 5.41 Å². The van der Waals surface area contributed by atoms with Crippen LogP contribution in [0.5, 0.6) is 5.75 Å². The Bertz CT molecular complexity index is 1090. The van der Waals surface area contributed by atoms with Gasteiger partial charge in [0.25, 0.3) is 11.8 Å². The second-order valence-corrected chi connectivity index (χ2v) is 10.3. The van der Waals surface area contributed by atoms with Crippen LogP contribution in [0.2, 0.25) is 0 Å². The summed E-state index contributed by atoms with van der Waals surface area (Å²) in [5, 5.41) is 10.6. The number of carbonyl (C=O) groups is 2. The fraction of sp³-hybridized carbons (Fsp3) is 0.481. The lowest BCUT2D eigenvalue weighted by atomic mass is 9.51.